The molecular weight excluding hydrogens is 398 g/mol. The van der Waals surface area contributed by atoms with E-state index in [2.05, 4.69) is 10.00 Å². The lowest BCUT2D eigenvalue weighted by Crippen LogP contribution is -2.48. The number of sulfonamides is 1. The molecule has 1 aromatic carbocycles. The fraction of sp³-hybridized carbons (Fsp3) is 0.471. The van der Waals surface area contributed by atoms with Gasteiger partial charge in [0.05, 0.1) is 11.4 Å². The number of nitrogens with zero attached hydrogens (tertiary/aromatic N) is 4. The van der Waals surface area contributed by atoms with Gasteiger partial charge in [0.2, 0.25) is 10.0 Å². The molecule has 0 amide bonds. The normalized spacial score (nSPS) is 17.0. The number of benzene rings is 1. The highest BCUT2D eigenvalue weighted by Crippen LogP contribution is 2.27. The molecule has 1 aliphatic heterocycles. The predicted octanol–water partition coefficient (Wildman–Crippen LogP) is 3.05. The van der Waals surface area contributed by atoms with Crippen LogP contribution in [0.25, 0.3) is 0 Å². The van der Waals surface area contributed by atoms with Crippen LogP contribution >= 0.6 is 11.6 Å². The Bertz CT molecular complexity index is 908. The van der Waals surface area contributed by atoms with Crippen LogP contribution in [0.1, 0.15) is 23.5 Å². The largest absolute Gasteiger partial charge is 0.333 e. The number of halogens is 3. The average molecular weight is 419 g/mol. The lowest BCUT2D eigenvalue weighted by Gasteiger charge is -2.34. The molecule has 2 heterocycles. The Kier molecular flexibility index (Phi) is 5.85. The maximum absolute atomic E-state index is 13.0. The summed E-state index contributed by atoms with van der Waals surface area (Å²) in [5, 5.41) is 4.36. The summed E-state index contributed by atoms with van der Waals surface area (Å²) in [6.45, 7) is 2.34. The van der Waals surface area contributed by atoms with Gasteiger partial charge in [-0.1, -0.05) is 23.7 Å². The highest BCUT2D eigenvalue weighted by molar-refractivity contribution is 7.89. The third-order valence-electron chi connectivity index (χ3n) is 4.69. The zero-order chi connectivity index (χ0) is 19.8. The van der Waals surface area contributed by atoms with Crippen LogP contribution < -0.4 is 0 Å². The van der Waals surface area contributed by atoms with Gasteiger partial charge in [0.15, 0.2) is 0 Å². The van der Waals surface area contributed by atoms with E-state index < -0.39 is 16.6 Å². The Balaban J connectivity index is 1.71. The minimum absolute atomic E-state index is 0.0360. The van der Waals surface area contributed by atoms with Crippen molar-refractivity contribution in [3.8, 4) is 0 Å². The first-order valence-corrected chi connectivity index (χ1v) is 10.3. The van der Waals surface area contributed by atoms with E-state index in [9.17, 15) is 17.2 Å². The first-order valence-electron chi connectivity index (χ1n) is 8.51. The van der Waals surface area contributed by atoms with Crippen molar-refractivity contribution in [3.05, 3.63) is 46.2 Å². The van der Waals surface area contributed by atoms with Gasteiger partial charge in [-0.05, 0) is 31.5 Å². The first-order chi connectivity index (χ1) is 12.7. The second kappa shape index (κ2) is 7.83. The second-order valence-electron chi connectivity index (χ2n) is 6.53. The molecule has 1 saturated heterocycles. The van der Waals surface area contributed by atoms with Crippen molar-refractivity contribution in [1.82, 2.24) is 19.0 Å². The molecular formula is C17H21ClF2N4O2S. The molecule has 1 aliphatic rings. The van der Waals surface area contributed by atoms with Crippen molar-refractivity contribution in [2.45, 2.75) is 31.8 Å². The Hall–Kier alpha value is -1.55. The fourth-order valence-corrected chi connectivity index (χ4v) is 5.23. The van der Waals surface area contributed by atoms with Crippen LogP contribution in [0.5, 0.6) is 0 Å². The van der Waals surface area contributed by atoms with E-state index in [1.54, 1.807) is 0 Å². The van der Waals surface area contributed by atoms with Gasteiger partial charge in [-0.3, -0.25) is 4.90 Å². The standard InChI is InChI=1S/C17H21ClF2N4O2S/c1-12-16(13(2)24(21-12)17(19)20)27(25,26)23-9-7-22(8-10-23)11-14-3-5-15(18)6-4-14/h3-6,17H,7-11H2,1-2H3. The molecule has 1 fully saturated rings. The van der Waals surface area contributed by atoms with Gasteiger partial charge in [-0.25, -0.2) is 13.1 Å². The van der Waals surface area contributed by atoms with Gasteiger partial charge in [-0.15, -0.1) is 0 Å². The van der Waals surface area contributed by atoms with Crippen molar-refractivity contribution in [2.75, 3.05) is 26.2 Å². The van der Waals surface area contributed by atoms with Crippen LogP contribution in [0.2, 0.25) is 5.02 Å². The van der Waals surface area contributed by atoms with E-state index in [4.69, 9.17) is 11.6 Å². The predicted molar refractivity (Wildman–Crippen MR) is 98.4 cm³/mol. The van der Waals surface area contributed by atoms with Crippen molar-refractivity contribution >= 4 is 21.6 Å². The van der Waals surface area contributed by atoms with Crippen LogP contribution in [-0.4, -0.2) is 53.6 Å². The van der Waals surface area contributed by atoms with Gasteiger partial charge >= 0.3 is 6.55 Å². The molecule has 6 nitrogen and oxygen atoms in total. The maximum atomic E-state index is 13.0. The first kappa shape index (κ1) is 20.2. The minimum atomic E-state index is -3.87. The Morgan fingerprint density at radius 2 is 1.70 bits per heavy atom. The molecule has 3 rings (SSSR count). The summed E-state index contributed by atoms with van der Waals surface area (Å²) < 4.78 is 53.8. The van der Waals surface area contributed by atoms with E-state index in [1.807, 2.05) is 24.3 Å². The monoisotopic (exact) mass is 418 g/mol. The number of hydrogen-bond donors (Lipinski definition) is 0. The summed E-state index contributed by atoms with van der Waals surface area (Å²) in [4.78, 5) is 2.03. The maximum Gasteiger partial charge on any atom is 0.333 e. The minimum Gasteiger partial charge on any atom is -0.296 e. The van der Waals surface area contributed by atoms with Crippen LogP contribution in [-0.2, 0) is 16.6 Å². The molecule has 0 atom stereocenters. The number of rotatable bonds is 5. The van der Waals surface area contributed by atoms with Crippen LogP contribution in [0.15, 0.2) is 29.2 Å². The summed E-state index contributed by atoms with van der Waals surface area (Å²) >= 11 is 5.89. The molecule has 0 bridgehead atoms. The van der Waals surface area contributed by atoms with Gasteiger partial charge in [0, 0.05) is 37.7 Å². The SMILES string of the molecule is Cc1nn(C(F)F)c(C)c1S(=O)(=O)N1CCN(Cc2ccc(Cl)cc2)CC1. The van der Waals surface area contributed by atoms with Crippen molar-refractivity contribution < 1.29 is 17.2 Å². The van der Waals surface area contributed by atoms with E-state index in [1.165, 1.54) is 18.2 Å². The smallest absolute Gasteiger partial charge is 0.296 e. The zero-order valence-electron chi connectivity index (χ0n) is 15.1. The van der Waals surface area contributed by atoms with E-state index in [-0.39, 0.29) is 16.3 Å². The summed E-state index contributed by atoms with van der Waals surface area (Å²) in [7, 11) is -3.87. The average Bonchev–Trinajstić information content (AvgIpc) is 2.93. The van der Waals surface area contributed by atoms with Gasteiger partial charge in [0.1, 0.15) is 4.90 Å². The number of aryl methyl sites for hydroxylation is 1. The van der Waals surface area contributed by atoms with Gasteiger partial charge in [0.25, 0.3) is 0 Å². The molecule has 2 aromatic rings. The quantitative estimate of drug-likeness (QED) is 0.748. The molecule has 0 spiro atoms. The summed E-state index contributed by atoms with van der Waals surface area (Å²) in [6, 6.07) is 7.53. The lowest BCUT2D eigenvalue weighted by molar-refractivity contribution is 0.0538. The molecule has 1 aromatic heterocycles. The number of aromatic nitrogens is 2. The third-order valence-corrected chi connectivity index (χ3v) is 7.10. The molecule has 0 aliphatic carbocycles. The fourth-order valence-electron chi connectivity index (χ4n) is 3.32. The zero-order valence-corrected chi connectivity index (χ0v) is 16.6. The molecule has 0 radical (unpaired) electrons. The van der Waals surface area contributed by atoms with Crippen LogP contribution in [0, 0.1) is 13.8 Å². The van der Waals surface area contributed by atoms with Crippen LogP contribution in [0.4, 0.5) is 8.78 Å². The van der Waals surface area contributed by atoms with Crippen molar-refractivity contribution in [3.63, 3.8) is 0 Å². The highest BCUT2D eigenvalue weighted by atomic mass is 35.5. The van der Waals surface area contributed by atoms with E-state index in [0.717, 1.165) is 5.56 Å². The molecule has 0 unspecified atom stereocenters. The van der Waals surface area contributed by atoms with E-state index in [0.29, 0.717) is 42.4 Å². The molecule has 27 heavy (non-hydrogen) atoms. The second-order valence-corrected chi connectivity index (χ2v) is 8.84. The lowest BCUT2D eigenvalue weighted by atomic mass is 10.2. The number of piperazine rings is 1. The Morgan fingerprint density at radius 3 is 2.22 bits per heavy atom. The summed E-state index contributed by atoms with van der Waals surface area (Å²) in [5.41, 5.74) is 1.16. The summed E-state index contributed by atoms with van der Waals surface area (Å²) in [5.74, 6) is 0. The van der Waals surface area contributed by atoms with Crippen LogP contribution in [0.3, 0.4) is 0 Å². The molecule has 148 valence electrons. The number of hydrogen-bond acceptors (Lipinski definition) is 4. The summed E-state index contributed by atoms with van der Waals surface area (Å²) in [6.07, 6.45) is 0. The number of alkyl halides is 2. The molecule has 10 heteroatoms. The van der Waals surface area contributed by atoms with Crippen molar-refractivity contribution in [1.29, 1.82) is 0 Å². The third kappa shape index (κ3) is 4.16. The topological polar surface area (TPSA) is 58.4 Å². The molecule has 0 saturated carbocycles. The molecule has 0 N–H and O–H groups in total. The van der Waals surface area contributed by atoms with Gasteiger partial charge in [-0.2, -0.15) is 18.2 Å². The van der Waals surface area contributed by atoms with Crippen molar-refractivity contribution in [2.24, 2.45) is 0 Å². The van der Waals surface area contributed by atoms with Gasteiger partial charge < -0.3 is 0 Å². The highest BCUT2D eigenvalue weighted by Gasteiger charge is 2.34. The van der Waals surface area contributed by atoms with E-state index >= 15 is 0 Å². The Labute approximate surface area is 162 Å². The Morgan fingerprint density at radius 1 is 1.11 bits per heavy atom.